The fourth-order valence-electron chi connectivity index (χ4n) is 3.80. The van der Waals surface area contributed by atoms with E-state index >= 15 is 0 Å². The molecule has 2 amide bonds. The second-order valence-electron chi connectivity index (χ2n) is 7.39. The quantitative estimate of drug-likeness (QED) is 0.618. The van der Waals surface area contributed by atoms with Crippen LogP contribution in [0.25, 0.3) is 0 Å². The van der Waals surface area contributed by atoms with Crippen LogP contribution in [-0.2, 0) is 9.53 Å². The summed E-state index contributed by atoms with van der Waals surface area (Å²) in [4.78, 5) is 26.6. The number of alkyl halides is 2. The third kappa shape index (κ3) is 4.70. The maximum Gasteiger partial charge on any atom is 0.414 e. The van der Waals surface area contributed by atoms with Crippen molar-refractivity contribution in [1.82, 2.24) is 25.5 Å². The Morgan fingerprint density at radius 2 is 1.94 bits per heavy atom. The first-order chi connectivity index (χ1) is 15.3. The first-order valence-electron chi connectivity index (χ1n) is 9.84. The Morgan fingerprint density at radius 1 is 1.25 bits per heavy atom. The first-order valence-corrected chi connectivity index (χ1v) is 10.7. The zero-order chi connectivity index (χ0) is 22.8. The topological polar surface area (TPSA) is 105 Å². The number of tetrazole rings is 1. The molecule has 172 valence electrons. The van der Waals surface area contributed by atoms with Crippen LogP contribution in [0.2, 0.25) is 0 Å². The van der Waals surface area contributed by atoms with Crippen LogP contribution in [0.5, 0.6) is 0 Å². The van der Waals surface area contributed by atoms with Crippen LogP contribution in [-0.4, -0.2) is 69.3 Å². The van der Waals surface area contributed by atoms with E-state index in [9.17, 15) is 18.4 Å². The smallest absolute Gasteiger partial charge is 0.414 e. The highest BCUT2D eigenvalue weighted by atomic mass is 35.5. The van der Waals surface area contributed by atoms with Crippen molar-refractivity contribution in [2.24, 2.45) is 0 Å². The third-order valence-corrected chi connectivity index (χ3v) is 5.76. The molecule has 2 aliphatic rings. The monoisotopic (exact) mass is 489 g/mol. The molecule has 1 aromatic carbocycles. The maximum absolute atomic E-state index is 14.9. The van der Waals surface area contributed by atoms with Gasteiger partial charge in [0.1, 0.15) is 11.8 Å². The molecule has 1 aromatic heterocycles. The molecule has 14 heteroatoms. The van der Waals surface area contributed by atoms with Gasteiger partial charge in [-0.1, -0.05) is 23.2 Å². The van der Waals surface area contributed by atoms with Gasteiger partial charge in [-0.25, -0.2) is 13.6 Å². The van der Waals surface area contributed by atoms with Gasteiger partial charge in [-0.2, -0.15) is 4.80 Å². The second-order valence-corrected chi connectivity index (χ2v) is 8.49. The van der Waals surface area contributed by atoms with Crippen LogP contribution < -0.4 is 15.1 Å². The second kappa shape index (κ2) is 9.41. The predicted molar refractivity (Wildman–Crippen MR) is 111 cm³/mol. The van der Waals surface area contributed by atoms with Crippen LogP contribution >= 0.6 is 23.2 Å². The summed E-state index contributed by atoms with van der Waals surface area (Å²) < 4.78 is 34.9. The minimum absolute atomic E-state index is 0.00286. The van der Waals surface area contributed by atoms with Gasteiger partial charge in [0.2, 0.25) is 0 Å². The maximum atomic E-state index is 14.9. The number of cyclic esters (lactones) is 1. The van der Waals surface area contributed by atoms with Gasteiger partial charge in [-0.3, -0.25) is 9.69 Å². The molecule has 2 aromatic rings. The number of nitrogens with zero attached hydrogens (tertiary/aromatic N) is 6. The summed E-state index contributed by atoms with van der Waals surface area (Å²) in [6.45, 7) is 0.794. The van der Waals surface area contributed by atoms with Gasteiger partial charge < -0.3 is 15.0 Å². The van der Waals surface area contributed by atoms with Crippen LogP contribution in [0.15, 0.2) is 18.5 Å². The van der Waals surface area contributed by atoms with Crippen molar-refractivity contribution in [1.29, 1.82) is 0 Å². The fraction of sp³-hybridized carbons (Fsp3) is 0.500. The van der Waals surface area contributed by atoms with Crippen LogP contribution in [0.4, 0.5) is 25.0 Å². The largest absolute Gasteiger partial charge is 0.442 e. The Balaban J connectivity index is 1.42. The minimum atomic E-state index is -1.25. The molecule has 10 nitrogen and oxygen atoms in total. The van der Waals surface area contributed by atoms with Crippen molar-refractivity contribution in [3.8, 4) is 0 Å². The normalized spacial score (nSPS) is 19.5. The molecule has 3 heterocycles. The van der Waals surface area contributed by atoms with E-state index < -0.39 is 34.6 Å². The number of nitrogens with one attached hydrogen (secondary N) is 1. The summed E-state index contributed by atoms with van der Waals surface area (Å²) in [6.07, 6.45) is 1.07. The van der Waals surface area contributed by atoms with Gasteiger partial charge in [-0.05, 0) is 18.1 Å². The van der Waals surface area contributed by atoms with E-state index in [1.54, 1.807) is 4.90 Å². The van der Waals surface area contributed by atoms with Crippen molar-refractivity contribution in [3.05, 3.63) is 30.1 Å². The summed E-state index contributed by atoms with van der Waals surface area (Å²) >= 11 is 10.9. The van der Waals surface area contributed by atoms with E-state index in [0.717, 1.165) is 17.0 Å². The van der Waals surface area contributed by atoms with Gasteiger partial charge in [0.05, 0.1) is 24.8 Å². The number of hydrogen-bond donors (Lipinski definition) is 1. The standard InChI is InChI=1S/C18H19Cl2F2N7O3/c19-16(20)17(30)23-7-12-8-28(18(31)32-12)11-5-13(21)15(14(22)6-11)27-3-1-10(2-4-27)29-25-9-24-26-29/h5-6,9-10,12,16H,1-4,7-8H2,(H,23,30)/t12-/m0/s1. The fourth-order valence-corrected chi connectivity index (χ4v) is 3.96. The average Bonchev–Trinajstić information content (AvgIpc) is 3.42. The Hall–Kier alpha value is -2.73. The van der Waals surface area contributed by atoms with E-state index in [1.807, 2.05) is 0 Å². The number of aromatic nitrogens is 4. The zero-order valence-corrected chi connectivity index (χ0v) is 18.1. The van der Waals surface area contributed by atoms with Crippen LogP contribution in [0.1, 0.15) is 18.9 Å². The molecular formula is C18H19Cl2F2N7O3. The first kappa shape index (κ1) is 22.5. The molecule has 0 bridgehead atoms. The molecule has 32 heavy (non-hydrogen) atoms. The van der Waals surface area contributed by atoms with Gasteiger partial charge in [0, 0.05) is 25.2 Å². The van der Waals surface area contributed by atoms with Crippen molar-refractivity contribution in [2.45, 2.75) is 29.8 Å². The number of ether oxygens (including phenoxy) is 1. The Morgan fingerprint density at radius 3 is 2.53 bits per heavy atom. The highest BCUT2D eigenvalue weighted by Gasteiger charge is 2.34. The summed E-state index contributed by atoms with van der Waals surface area (Å²) in [5.74, 6) is -2.20. The van der Waals surface area contributed by atoms with Gasteiger partial charge >= 0.3 is 6.09 Å². The molecule has 4 rings (SSSR count). The van der Waals surface area contributed by atoms with E-state index in [-0.39, 0.29) is 30.5 Å². The molecule has 2 saturated heterocycles. The van der Waals surface area contributed by atoms with E-state index in [0.29, 0.717) is 25.9 Å². The number of carbonyl (C=O) groups is 2. The summed E-state index contributed by atoms with van der Waals surface area (Å²) in [6, 6.07) is 2.21. The molecule has 2 aliphatic heterocycles. The van der Waals surface area contributed by atoms with Gasteiger partial charge in [0.15, 0.2) is 22.8 Å². The van der Waals surface area contributed by atoms with E-state index in [2.05, 4.69) is 20.7 Å². The molecule has 2 fully saturated rings. The Labute approximate surface area is 191 Å². The number of amides is 2. The number of piperidine rings is 1. The molecule has 1 N–H and O–H groups in total. The summed E-state index contributed by atoms with van der Waals surface area (Å²) in [5.41, 5.74) is -0.123. The molecule has 0 aliphatic carbocycles. The Bertz CT molecular complexity index is 964. The van der Waals surface area contributed by atoms with Crippen molar-refractivity contribution >= 4 is 46.6 Å². The molecule has 0 unspecified atom stereocenters. The van der Waals surface area contributed by atoms with E-state index in [1.165, 1.54) is 11.1 Å². The highest BCUT2D eigenvalue weighted by Crippen LogP contribution is 2.33. The number of rotatable bonds is 6. The van der Waals surface area contributed by atoms with Crippen molar-refractivity contribution in [3.63, 3.8) is 0 Å². The SMILES string of the molecule is O=C(NC[C@H]1CN(c2cc(F)c(N3CCC(n4ncnn4)CC3)c(F)c2)C(=O)O1)C(Cl)Cl. The number of benzene rings is 1. The lowest BCUT2D eigenvalue weighted by atomic mass is 10.0. The predicted octanol–water partition coefficient (Wildman–Crippen LogP) is 2.04. The average molecular weight is 490 g/mol. The lowest BCUT2D eigenvalue weighted by Gasteiger charge is -2.33. The minimum Gasteiger partial charge on any atom is -0.442 e. The van der Waals surface area contributed by atoms with Crippen LogP contribution in [0.3, 0.4) is 0 Å². The van der Waals surface area contributed by atoms with Crippen LogP contribution in [0, 0.1) is 11.6 Å². The number of hydrogen-bond acceptors (Lipinski definition) is 7. The molecule has 0 saturated carbocycles. The number of anilines is 2. The zero-order valence-electron chi connectivity index (χ0n) is 16.6. The van der Waals surface area contributed by atoms with Crippen molar-refractivity contribution in [2.75, 3.05) is 36.0 Å². The summed E-state index contributed by atoms with van der Waals surface area (Å²) in [7, 11) is 0. The van der Waals surface area contributed by atoms with Gasteiger partial charge in [-0.15, -0.1) is 10.2 Å². The lowest BCUT2D eigenvalue weighted by molar-refractivity contribution is -0.119. The molecule has 1 atom stereocenters. The Kier molecular flexibility index (Phi) is 6.60. The van der Waals surface area contributed by atoms with Gasteiger partial charge in [0.25, 0.3) is 5.91 Å². The highest BCUT2D eigenvalue weighted by molar-refractivity contribution is 6.53. The number of carbonyl (C=O) groups excluding carboxylic acids is 2. The van der Waals surface area contributed by atoms with E-state index in [4.69, 9.17) is 27.9 Å². The summed E-state index contributed by atoms with van der Waals surface area (Å²) in [5, 5.41) is 14.0. The molecular weight excluding hydrogens is 471 g/mol. The lowest BCUT2D eigenvalue weighted by Crippen LogP contribution is -2.37. The molecule has 0 radical (unpaired) electrons. The third-order valence-electron chi connectivity index (χ3n) is 5.36. The van der Waals surface area contributed by atoms with Crippen molar-refractivity contribution < 1.29 is 23.1 Å². The number of halogens is 4. The molecule has 0 spiro atoms.